The lowest BCUT2D eigenvalue weighted by Gasteiger charge is -2.16. The third kappa shape index (κ3) is 4.89. The smallest absolute Gasteiger partial charge is 0.493 e. The molecule has 0 bridgehead atoms. The van der Waals surface area contributed by atoms with Crippen molar-refractivity contribution >= 4 is 6.16 Å². The molecule has 0 amide bonds. The van der Waals surface area contributed by atoms with Gasteiger partial charge in [-0.05, 0) is 49.6 Å². The van der Waals surface area contributed by atoms with Gasteiger partial charge in [0.2, 0.25) is 0 Å². The Kier molecular flexibility index (Phi) is 6.69. The van der Waals surface area contributed by atoms with Crippen LogP contribution in [0.2, 0.25) is 0 Å². The van der Waals surface area contributed by atoms with Crippen LogP contribution in [0.1, 0.15) is 30.5 Å². The summed E-state index contributed by atoms with van der Waals surface area (Å²) in [4.78, 5) is 11.5. The van der Waals surface area contributed by atoms with Crippen molar-refractivity contribution < 1.29 is 23.7 Å². The van der Waals surface area contributed by atoms with Crippen molar-refractivity contribution in [2.75, 3.05) is 13.7 Å². The molecule has 0 radical (unpaired) electrons. The highest BCUT2D eigenvalue weighted by molar-refractivity contribution is 5.65. The van der Waals surface area contributed by atoms with Crippen molar-refractivity contribution in [3.8, 4) is 17.2 Å². The molecule has 2 rings (SSSR count). The molecule has 0 spiro atoms. The van der Waals surface area contributed by atoms with Crippen molar-refractivity contribution in [1.82, 2.24) is 0 Å². The molecular formula is C20H24O5. The van der Waals surface area contributed by atoms with Gasteiger partial charge in [-0.25, -0.2) is 4.79 Å². The van der Waals surface area contributed by atoms with Crippen LogP contribution in [0.5, 0.6) is 17.2 Å². The number of carbonyl (C=O) groups excluding carboxylic acids is 1. The van der Waals surface area contributed by atoms with Crippen molar-refractivity contribution in [3.63, 3.8) is 0 Å². The first-order chi connectivity index (χ1) is 12.1. The van der Waals surface area contributed by atoms with E-state index in [4.69, 9.17) is 14.2 Å². The fourth-order valence-electron chi connectivity index (χ4n) is 2.45. The van der Waals surface area contributed by atoms with E-state index in [0.29, 0.717) is 23.7 Å². The molecule has 0 atom stereocenters. The molecule has 25 heavy (non-hydrogen) atoms. The molecular weight excluding hydrogens is 320 g/mol. The first kappa shape index (κ1) is 18.6. The van der Waals surface area contributed by atoms with E-state index in [1.165, 1.54) is 12.7 Å². The third-order valence-corrected chi connectivity index (χ3v) is 3.77. The van der Waals surface area contributed by atoms with E-state index >= 15 is 0 Å². The number of carbonyl (C=O) groups is 1. The van der Waals surface area contributed by atoms with Gasteiger partial charge >= 0.3 is 6.16 Å². The zero-order valence-electron chi connectivity index (χ0n) is 15.1. The SMILES string of the molecule is CCOc1cccc(OC(=O)OC)c1COc1ccc(CC)cc1C. The van der Waals surface area contributed by atoms with Gasteiger partial charge in [0.05, 0.1) is 19.3 Å². The van der Waals surface area contributed by atoms with Crippen LogP contribution in [0.3, 0.4) is 0 Å². The molecule has 134 valence electrons. The first-order valence-corrected chi connectivity index (χ1v) is 8.31. The maximum atomic E-state index is 11.5. The summed E-state index contributed by atoms with van der Waals surface area (Å²) in [5.41, 5.74) is 2.98. The molecule has 0 aromatic heterocycles. The lowest BCUT2D eigenvalue weighted by molar-refractivity contribution is 0.120. The number of methoxy groups -OCH3 is 1. The van der Waals surface area contributed by atoms with Crippen LogP contribution in [-0.2, 0) is 17.8 Å². The van der Waals surface area contributed by atoms with Crippen LogP contribution >= 0.6 is 0 Å². The Bertz CT molecular complexity index is 724. The Morgan fingerprint density at radius 3 is 2.40 bits per heavy atom. The van der Waals surface area contributed by atoms with Gasteiger partial charge in [0.25, 0.3) is 0 Å². The maximum Gasteiger partial charge on any atom is 0.513 e. The molecule has 0 aliphatic carbocycles. The third-order valence-electron chi connectivity index (χ3n) is 3.77. The molecule has 0 aliphatic heterocycles. The van der Waals surface area contributed by atoms with Crippen LogP contribution in [0.4, 0.5) is 4.79 Å². The largest absolute Gasteiger partial charge is 0.513 e. The summed E-state index contributed by atoms with van der Waals surface area (Å²) in [6.07, 6.45) is 0.198. The van der Waals surface area contributed by atoms with Crippen LogP contribution in [0.25, 0.3) is 0 Å². The minimum Gasteiger partial charge on any atom is -0.493 e. The molecule has 0 saturated heterocycles. The van der Waals surface area contributed by atoms with Crippen LogP contribution in [0.15, 0.2) is 36.4 Å². The minimum atomic E-state index is -0.779. The number of ether oxygens (including phenoxy) is 4. The molecule has 5 nitrogen and oxygen atoms in total. The Labute approximate surface area is 148 Å². The van der Waals surface area contributed by atoms with E-state index < -0.39 is 6.16 Å². The monoisotopic (exact) mass is 344 g/mol. The topological polar surface area (TPSA) is 54.0 Å². The fraction of sp³-hybridized carbons (Fsp3) is 0.350. The second-order valence-electron chi connectivity index (χ2n) is 5.46. The average Bonchev–Trinajstić information content (AvgIpc) is 2.62. The standard InChI is InChI=1S/C20H24O5/c1-5-15-10-11-17(14(3)12-15)24-13-16-18(23-6-2)8-7-9-19(16)25-20(21)22-4/h7-12H,5-6,13H2,1-4H3. The summed E-state index contributed by atoms with van der Waals surface area (Å²) in [6.45, 7) is 6.73. The summed E-state index contributed by atoms with van der Waals surface area (Å²) in [5.74, 6) is 1.76. The average molecular weight is 344 g/mol. The van der Waals surface area contributed by atoms with Crippen molar-refractivity contribution in [2.45, 2.75) is 33.8 Å². The Morgan fingerprint density at radius 2 is 1.76 bits per heavy atom. The molecule has 0 unspecified atom stereocenters. The Balaban J connectivity index is 2.25. The number of hydrogen-bond acceptors (Lipinski definition) is 5. The first-order valence-electron chi connectivity index (χ1n) is 8.31. The van der Waals surface area contributed by atoms with Gasteiger partial charge in [-0.2, -0.15) is 0 Å². The van der Waals surface area contributed by atoms with Gasteiger partial charge in [-0.3, -0.25) is 0 Å². The van der Waals surface area contributed by atoms with Gasteiger partial charge in [0.1, 0.15) is 23.9 Å². The molecule has 0 aliphatic rings. The quantitative estimate of drug-likeness (QED) is 0.539. The highest BCUT2D eigenvalue weighted by Gasteiger charge is 2.15. The van der Waals surface area contributed by atoms with Crippen LogP contribution in [-0.4, -0.2) is 19.9 Å². The second-order valence-corrected chi connectivity index (χ2v) is 5.46. The number of aryl methyl sites for hydroxylation is 2. The van der Waals surface area contributed by atoms with Crippen molar-refractivity contribution in [1.29, 1.82) is 0 Å². The summed E-state index contributed by atoms with van der Waals surface area (Å²) >= 11 is 0. The van der Waals surface area contributed by atoms with Gasteiger partial charge in [-0.1, -0.05) is 25.1 Å². The summed E-state index contributed by atoms with van der Waals surface area (Å²) in [6, 6.07) is 11.4. The summed E-state index contributed by atoms with van der Waals surface area (Å²) in [5, 5.41) is 0. The van der Waals surface area contributed by atoms with E-state index in [1.807, 2.05) is 32.0 Å². The Morgan fingerprint density at radius 1 is 1.00 bits per heavy atom. The van der Waals surface area contributed by atoms with Gasteiger partial charge < -0.3 is 18.9 Å². The molecule has 2 aromatic rings. The lowest BCUT2D eigenvalue weighted by atomic mass is 10.1. The summed E-state index contributed by atoms with van der Waals surface area (Å²) < 4.78 is 21.4. The van der Waals surface area contributed by atoms with E-state index in [1.54, 1.807) is 12.1 Å². The zero-order valence-corrected chi connectivity index (χ0v) is 15.1. The number of rotatable bonds is 7. The molecule has 0 N–H and O–H groups in total. The van der Waals surface area contributed by atoms with Gasteiger partial charge in [0.15, 0.2) is 0 Å². The second kappa shape index (κ2) is 8.97. The minimum absolute atomic E-state index is 0.217. The molecule has 0 saturated carbocycles. The molecule has 0 fully saturated rings. The van der Waals surface area contributed by atoms with Crippen LogP contribution in [0, 0.1) is 6.92 Å². The number of benzene rings is 2. The molecule has 5 heteroatoms. The van der Waals surface area contributed by atoms with Gasteiger partial charge in [-0.15, -0.1) is 0 Å². The fourth-order valence-corrected chi connectivity index (χ4v) is 2.45. The van der Waals surface area contributed by atoms with E-state index in [2.05, 4.69) is 17.7 Å². The number of hydrogen-bond donors (Lipinski definition) is 0. The predicted molar refractivity (Wildman–Crippen MR) is 95.5 cm³/mol. The predicted octanol–water partition coefficient (Wildman–Crippen LogP) is 4.68. The van der Waals surface area contributed by atoms with E-state index in [9.17, 15) is 4.79 Å². The van der Waals surface area contributed by atoms with E-state index in [0.717, 1.165) is 17.7 Å². The van der Waals surface area contributed by atoms with Crippen molar-refractivity contribution in [2.24, 2.45) is 0 Å². The summed E-state index contributed by atoms with van der Waals surface area (Å²) in [7, 11) is 1.27. The highest BCUT2D eigenvalue weighted by atomic mass is 16.7. The van der Waals surface area contributed by atoms with Crippen molar-refractivity contribution in [3.05, 3.63) is 53.1 Å². The lowest BCUT2D eigenvalue weighted by Crippen LogP contribution is -2.11. The molecule has 2 aromatic carbocycles. The van der Waals surface area contributed by atoms with E-state index in [-0.39, 0.29) is 6.61 Å². The highest BCUT2D eigenvalue weighted by Crippen LogP contribution is 2.31. The van der Waals surface area contributed by atoms with Gasteiger partial charge in [0, 0.05) is 0 Å². The Hall–Kier alpha value is -2.69. The molecule has 0 heterocycles. The maximum absolute atomic E-state index is 11.5. The van der Waals surface area contributed by atoms with Crippen LogP contribution < -0.4 is 14.2 Å². The normalized spacial score (nSPS) is 10.2. The zero-order chi connectivity index (χ0) is 18.2.